The van der Waals surface area contributed by atoms with Crippen molar-refractivity contribution >= 4 is 28.9 Å². The first-order valence-corrected chi connectivity index (χ1v) is 6.35. The Kier molecular flexibility index (Phi) is 4.73. The maximum Gasteiger partial charge on any atom is 0.273 e. The van der Waals surface area contributed by atoms with Crippen molar-refractivity contribution in [3.05, 3.63) is 63.7 Å². The molecule has 0 saturated carbocycles. The molecule has 0 fully saturated rings. The molecule has 1 amide bonds. The second-order valence-corrected chi connectivity index (χ2v) is 4.54. The fourth-order valence-corrected chi connectivity index (χ4v) is 1.79. The molecule has 21 heavy (non-hydrogen) atoms. The number of hydrogen-bond acceptors (Lipinski definition) is 4. The van der Waals surface area contributed by atoms with E-state index in [0.717, 1.165) is 0 Å². The van der Waals surface area contributed by atoms with Crippen LogP contribution in [-0.2, 0) is 4.79 Å². The molecule has 0 aromatic heterocycles. The minimum Gasteiger partial charge on any atom is -0.484 e. The normalized spacial score (nSPS) is 9.95. The molecule has 0 saturated heterocycles. The first kappa shape index (κ1) is 14.8. The second-order valence-electron chi connectivity index (χ2n) is 4.10. The average Bonchev–Trinajstić information content (AvgIpc) is 2.45. The van der Waals surface area contributed by atoms with E-state index in [4.69, 9.17) is 16.3 Å². The Balaban J connectivity index is 1.92. The van der Waals surface area contributed by atoms with Gasteiger partial charge in [-0.1, -0.05) is 23.7 Å². The molecule has 0 spiro atoms. The maximum absolute atomic E-state index is 11.7. The summed E-state index contributed by atoms with van der Waals surface area (Å²) in [6.07, 6.45) is 0. The predicted octanol–water partition coefficient (Wildman–Crippen LogP) is 3.27. The van der Waals surface area contributed by atoms with Crippen molar-refractivity contribution in [2.45, 2.75) is 0 Å². The summed E-state index contributed by atoms with van der Waals surface area (Å²) in [6, 6.07) is 12.3. The van der Waals surface area contributed by atoms with E-state index in [2.05, 4.69) is 5.32 Å². The number of nitrogens with one attached hydrogen (secondary N) is 1. The van der Waals surface area contributed by atoms with E-state index in [0.29, 0.717) is 10.7 Å². The molecule has 0 aliphatic heterocycles. The van der Waals surface area contributed by atoms with E-state index in [1.54, 1.807) is 30.3 Å². The zero-order chi connectivity index (χ0) is 15.2. The number of rotatable bonds is 5. The number of nitrogens with zero attached hydrogens (tertiary/aromatic N) is 1. The standard InChI is InChI=1S/C14H11ClN2O4/c15-10-3-1-4-11(7-10)16-14(18)9-21-13-6-2-5-12(8-13)17(19)20/h1-8H,9H2,(H,16,18). The average molecular weight is 307 g/mol. The summed E-state index contributed by atoms with van der Waals surface area (Å²) >= 11 is 5.80. The summed E-state index contributed by atoms with van der Waals surface area (Å²) < 4.78 is 5.21. The summed E-state index contributed by atoms with van der Waals surface area (Å²) in [5.41, 5.74) is 0.456. The summed E-state index contributed by atoms with van der Waals surface area (Å²) in [4.78, 5) is 21.8. The van der Waals surface area contributed by atoms with Crippen LogP contribution in [0.5, 0.6) is 5.75 Å². The van der Waals surface area contributed by atoms with Gasteiger partial charge in [0.2, 0.25) is 0 Å². The molecule has 0 heterocycles. The lowest BCUT2D eigenvalue weighted by Crippen LogP contribution is -2.20. The van der Waals surface area contributed by atoms with Gasteiger partial charge in [-0.15, -0.1) is 0 Å². The zero-order valence-corrected chi connectivity index (χ0v) is 11.5. The van der Waals surface area contributed by atoms with Crippen LogP contribution in [0.3, 0.4) is 0 Å². The molecule has 108 valence electrons. The van der Waals surface area contributed by atoms with Gasteiger partial charge in [0.05, 0.1) is 11.0 Å². The Hall–Kier alpha value is -2.60. The highest BCUT2D eigenvalue weighted by Gasteiger charge is 2.08. The number of nitro groups is 1. The monoisotopic (exact) mass is 306 g/mol. The van der Waals surface area contributed by atoms with Gasteiger partial charge in [0.25, 0.3) is 11.6 Å². The number of amides is 1. The quantitative estimate of drug-likeness (QED) is 0.679. The molecule has 2 aromatic carbocycles. The van der Waals surface area contributed by atoms with Crippen LogP contribution in [0.25, 0.3) is 0 Å². The van der Waals surface area contributed by atoms with Crippen LogP contribution in [0.15, 0.2) is 48.5 Å². The number of non-ortho nitro benzene ring substituents is 1. The van der Waals surface area contributed by atoms with E-state index in [9.17, 15) is 14.9 Å². The Morgan fingerprint density at radius 2 is 2.00 bits per heavy atom. The third-order valence-corrected chi connectivity index (χ3v) is 2.74. The molecular formula is C14H11ClN2O4. The lowest BCUT2D eigenvalue weighted by molar-refractivity contribution is -0.384. The highest BCUT2D eigenvalue weighted by Crippen LogP contribution is 2.19. The molecule has 0 unspecified atom stereocenters. The Morgan fingerprint density at radius 3 is 2.71 bits per heavy atom. The molecule has 7 heteroatoms. The van der Waals surface area contributed by atoms with Crippen LogP contribution in [0.2, 0.25) is 5.02 Å². The maximum atomic E-state index is 11.7. The Morgan fingerprint density at radius 1 is 1.24 bits per heavy atom. The number of carbonyl (C=O) groups is 1. The lowest BCUT2D eigenvalue weighted by Gasteiger charge is -2.07. The largest absolute Gasteiger partial charge is 0.484 e. The van der Waals surface area contributed by atoms with Crippen molar-refractivity contribution in [3.63, 3.8) is 0 Å². The van der Waals surface area contributed by atoms with Gasteiger partial charge in [-0.05, 0) is 24.3 Å². The number of hydrogen-bond donors (Lipinski definition) is 1. The van der Waals surface area contributed by atoms with Crippen LogP contribution < -0.4 is 10.1 Å². The van der Waals surface area contributed by atoms with E-state index < -0.39 is 4.92 Å². The van der Waals surface area contributed by atoms with Crippen molar-refractivity contribution in [2.75, 3.05) is 11.9 Å². The first-order chi connectivity index (χ1) is 10.0. The van der Waals surface area contributed by atoms with Gasteiger partial charge in [-0.3, -0.25) is 14.9 Å². The number of anilines is 1. The van der Waals surface area contributed by atoms with E-state index in [-0.39, 0.29) is 24.0 Å². The van der Waals surface area contributed by atoms with E-state index >= 15 is 0 Å². The molecule has 0 atom stereocenters. The van der Waals surface area contributed by atoms with Crippen LogP contribution in [0, 0.1) is 10.1 Å². The molecule has 0 radical (unpaired) electrons. The summed E-state index contributed by atoms with van der Waals surface area (Å²) in [5.74, 6) is -0.130. The number of nitro benzene ring substituents is 1. The van der Waals surface area contributed by atoms with Gasteiger partial charge in [0.15, 0.2) is 6.61 Å². The topological polar surface area (TPSA) is 81.5 Å². The highest BCUT2D eigenvalue weighted by atomic mass is 35.5. The van der Waals surface area contributed by atoms with E-state index in [1.165, 1.54) is 18.2 Å². The van der Waals surface area contributed by atoms with Crippen LogP contribution in [0.1, 0.15) is 0 Å². The fourth-order valence-electron chi connectivity index (χ4n) is 1.60. The van der Waals surface area contributed by atoms with Crippen molar-refractivity contribution in [1.82, 2.24) is 0 Å². The number of halogens is 1. The summed E-state index contributed by atoms with van der Waals surface area (Å²) in [5, 5.41) is 13.7. The third-order valence-electron chi connectivity index (χ3n) is 2.51. The van der Waals surface area contributed by atoms with Crippen molar-refractivity contribution in [3.8, 4) is 5.75 Å². The summed E-state index contributed by atoms with van der Waals surface area (Å²) in [6.45, 7) is -0.256. The Labute approximate surface area is 125 Å². The minimum absolute atomic E-state index is 0.0947. The summed E-state index contributed by atoms with van der Waals surface area (Å²) in [7, 11) is 0. The zero-order valence-electron chi connectivity index (χ0n) is 10.8. The molecular weight excluding hydrogens is 296 g/mol. The smallest absolute Gasteiger partial charge is 0.273 e. The van der Waals surface area contributed by atoms with Crippen LogP contribution in [0.4, 0.5) is 11.4 Å². The second kappa shape index (κ2) is 6.71. The molecule has 6 nitrogen and oxygen atoms in total. The van der Waals surface area contributed by atoms with Crippen molar-refractivity contribution in [2.24, 2.45) is 0 Å². The van der Waals surface area contributed by atoms with E-state index in [1.807, 2.05) is 0 Å². The van der Waals surface area contributed by atoms with Crippen LogP contribution in [-0.4, -0.2) is 17.4 Å². The number of benzene rings is 2. The van der Waals surface area contributed by atoms with Gasteiger partial charge >= 0.3 is 0 Å². The van der Waals surface area contributed by atoms with Crippen LogP contribution >= 0.6 is 11.6 Å². The van der Waals surface area contributed by atoms with Gasteiger partial charge in [-0.2, -0.15) is 0 Å². The fraction of sp³-hybridized carbons (Fsp3) is 0.0714. The van der Waals surface area contributed by atoms with Gasteiger partial charge < -0.3 is 10.1 Å². The Bertz CT molecular complexity index is 676. The molecule has 0 aliphatic rings. The minimum atomic E-state index is -0.529. The van der Waals surface area contributed by atoms with Gasteiger partial charge in [0, 0.05) is 16.8 Å². The van der Waals surface area contributed by atoms with Crippen molar-refractivity contribution < 1.29 is 14.5 Å². The molecule has 2 rings (SSSR count). The van der Waals surface area contributed by atoms with Gasteiger partial charge in [-0.25, -0.2) is 0 Å². The lowest BCUT2D eigenvalue weighted by atomic mass is 10.3. The first-order valence-electron chi connectivity index (χ1n) is 5.97. The SMILES string of the molecule is O=C(COc1cccc([N+](=O)[O-])c1)Nc1cccc(Cl)c1. The molecule has 0 aliphatic carbocycles. The molecule has 0 bridgehead atoms. The predicted molar refractivity (Wildman–Crippen MR) is 78.7 cm³/mol. The molecule has 2 aromatic rings. The van der Waals surface area contributed by atoms with Gasteiger partial charge in [0.1, 0.15) is 5.75 Å². The number of ether oxygens (including phenoxy) is 1. The molecule has 1 N–H and O–H groups in total. The van der Waals surface area contributed by atoms with Crippen molar-refractivity contribution in [1.29, 1.82) is 0 Å². The number of carbonyl (C=O) groups excluding carboxylic acids is 1. The highest BCUT2D eigenvalue weighted by molar-refractivity contribution is 6.30. The third kappa shape index (κ3) is 4.47.